The number of nitrogens with zero attached hydrogens (tertiary/aromatic N) is 1. The molecule has 0 amide bonds. The molecule has 0 aromatic rings. The van der Waals surface area contributed by atoms with Crippen LogP contribution >= 0.6 is 0 Å². The summed E-state index contributed by atoms with van der Waals surface area (Å²) in [5.74, 6) is 0. The van der Waals surface area contributed by atoms with Crippen molar-refractivity contribution in [2.45, 2.75) is 52.0 Å². The number of methoxy groups -OCH3 is 1. The van der Waals surface area contributed by atoms with E-state index in [1.54, 1.807) is 7.11 Å². The number of unbranched alkanes of at least 4 members (excludes halogenated alkanes) is 2. The summed E-state index contributed by atoms with van der Waals surface area (Å²) in [6, 6.07) is 0.731. The summed E-state index contributed by atoms with van der Waals surface area (Å²) in [7, 11) is 3.81. The van der Waals surface area contributed by atoms with E-state index in [4.69, 9.17) is 4.74 Å². The first-order valence-corrected chi connectivity index (χ1v) is 7.17. The van der Waals surface area contributed by atoms with Gasteiger partial charge < -0.3 is 10.1 Å². The van der Waals surface area contributed by atoms with Gasteiger partial charge in [-0.25, -0.2) is 0 Å². The summed E-state index contributed by atoms with van der Waals surface area (Å²) < 4.78 is 5.20. The van der Waals surface area contributed by atoms with Gasteiger partial charge in [-0.05, 0) is 45.8 Å². The van der Waals surface area contributed by atoms with E-state index >= 15 is 0 Å². The van der Waals surface area contributed by atoms with Gasteiger partial charge in [-0.2, -0.15) is 0 Å². The minimum Gasteiger partial charge on any atom is -0.383 e. The lowest BCUT2D eigenvalue weighted by Gasteiger charge is -2.30. The topological polar surface area (TPSA) is 24.5 Å². The SMILES string of the molecule is CCC(CC)N(CCCCCNC)CCOC. The van der Waals surface area contributed by atoms with Crippen LogP contribution in [-0.2, 0) is 4.74 Å². The van der Waals surface area contributed by atoms with E-state index in [-0.39, 0.29) is 0 Å². The van der Waals surface area contributed by atoms with Crippen molar-refractivity contribution in [3.63, 3.8) is 0 Å². The quantitative estimate of drug-likeness (QED) is 0.534. The van der Waals surface area contributed by atoms with Crippen molar-refractivity contribution in [2.75, 3.05) is 40.4 Å². The largest absolute Gasteiger partial charge is 0.383 e. The summed E-state index contributed by atoms with van der Waals surface area (Å²) in [4.78, 5) is 2.60. The molecular formula is C14H32N2O. The third-order valence-corrected chi connectivity index (χ3v) is 3.41. The van der Waals surface area contributed by atoms with Crippen molar-refractivity contribution in [2.24, 2.45) is 0 Å². The van der Waals surface area contributed by atoms with Gasteiger partial charge in [0.05, 0.1) is 6.61 Å². The Kier molecular flexibility index (Phi) is 12.3. The van der Waals surface area contributed by atoms with Crippen LogP contribution in [0.4, 0.5) is 0 Å². The van der Waals surface area contributed by atoms with Crippen LogP contribution in [0, 0.1) is 0 Å². The fourth-order valence-electron chi connectivity index (χ4n) is 2.28. The third kappa shape index (κ3) is 8.58. The zero-order valence-electron chi connectivity index (χ0n) is 12.3. The van der Waals surface area contributed by atoms with Gasteiger partial charge in [-0.15, -0.1) is 0 Å². The highest BCUT2D eigenvalue weighted by Gasteiger charge is 2.13. The Morgan fingerprint density at radius 2 is 1.76 bits per heavy atom. The zero-order chi connectivity index (χ0) is 12.9. The van der Waals surface area contributed by atoms with Gasteiger partial charge in [0.25, 0.3) is 0 Å². The van der Waals surface area contributed by atoms with E-state index in [2.05, 4.69) is 24.1 Å². The standard InChI is InChI=1S/C14H32N2O/c1-5-14(6-2)16(12-13-17-4)11-9-7-8-10-15-3/h14-15H,5-13H2,1-4H3. The van der Waals surface area contributed by atoms with Crippen molar-refractivity contribution in [3.8, 4) is 0 Å². The molecule has 3 nitrogen and oxygen atoms in total. The minimum atomic E-state index is 0.731. The maximum atomic E-state index is 5.20. The van der Waals surface area contributed by atoms with Crippen LogP contribution in [-0.4, -0.2) is 51.3 Å². The highest BCUT2D eigenvalue weighted by Crippen LogP contribution is 2.10. The van der Waals surface area contributed by atoms with Crippen molar-refractivity contribution in [1.82, 2.24) is 10.2 Å². The average Bonchev–Trinajstić information content (AvgIpc) is 2.36. The minimum absolute atomic E-state index is 0.731. The van der Waals surface area contributed by atoms with Crippen LogP contribution in [0.25, 0.3) is 0 Å². The first-order chi connectivity index (χ1) is 8.29. The lowest BCUT2D eigenvalue weighted by molar-refractivity contribution is 0.113. The maximum Gasteiger partial charge on any atom is 0.0589 e. The molecule has 0 rings (SSSR count). The van der Waals surface area contributed by atoms with Crippen molar-refractivity contribution >= 4 is 0 Å². The predicted octanol–water partition coefficient (Wildman–Crippen LogP) is 2.51. The van der Waals surface area contributed by atoms with Gasteiger partial charge in [-0.1, -0.05) is 20.3 Å². The molecule has 3 heteroatoms. The highest BCUT2D eigenvalue weighted by atomic mass is 16.5. The number of hydrogen-bond acceptors (Lipinski definition) is 3. The Morgan fingerprint density at radius 3 is 2.29 bits per heavy atom. The Morgan fingerprint density at radius 1 is 1.06 bits per heavy atom. The molecule has 0 saturated heterocycles. The average molecular weight is 244 g/mol. The predicted molar refractivity (Wildman–Crippen MR) is 75.6 cm³/mol. The summed E-state index contributed by atoms with van der Waals surface area (Å²) in [6.07, 6.45) is 6.41. The molecule has 0 aliphatic rings. The second kappa shape index (κ2) is 12.3. The Balaban J connectivity index is 3.83. The summed E-state index contributed by atoms with van der Waals surface area (Å²) in [5.41, 5.74) is 0. The van der Waals surface area contributed by atoms with E-state index in [9.17, 15) is 0 Å². The Labute approximate surface area is 108 Å². The van der Waals surface area contributed by atoms with Crippen LogP contribution < -0.4 is 5.32 Å². The molecule has 17 heavy (non-hydrogen) atoms. The zero-order valence-corrected chi connectivity index (χ0v) is 12.3. The molecule has 0 aromatic carbocycles. The van der Waals surface area contributed by atoms with Crippen molar-refractivity contribution in [3.05, 3.63) is 0 Å². The van der Waals surface area contributed by atoms with Gasteiger partial charge in [0.2, 0.25) is 0 Å². The van der Waals surface area contributed by atoms with Gasteiger partial charge >= 0.3 is 0 Å². The van der Waals surface area contributed by atoms with Crippen LogP contribution in [0.3, 0.4) is 0 Å². The number of hydrogen-bond donors (Lipinski definition) is 1. The number of nitrogens with one attached hydrogen (secondary N) is 1. The molecule has 1 N–H and O–H groups in total. The Bertz CT molecular complexity index is 149. The monoisotopic (exact) mass is 244 g/mol. The molecule has 0 spiro atoms. The number of rotatable bonds is 12. The molecule has 0 atom stereocenters. The summed E-state index contributed by atoms with van der Waals surface area (Å²) in [5, 5.41) is 3.20. The fourth-order valence-corrected chi connectivity index (χ4v) is 2.28. The smallest absolute Gasteiger partial charge is 0.0589 e. The third-order valence-electron chi connectivity index (χ3n) is 3.41. The molecule has 0 saturated carbocycles. The van der Waals surface area contributed by atoms with Crippen molar-refractivity contribution in [1.29, 1.82) is 0 Å². The van der Waals surface area contributed by atoms with Crippen LogP contribution in [0.15, 0.2) is 0 Å². The van der Waals surface area contributed by atoms with Gasteiger partial charge in [-0.3, -0.25) is 4.90 Å². The van der Waals surface area contributed by atoms with E-state index in [1.165, 1.54) is 38.6 Å². The normalized spacial score (nSPS) is 11.6. The lowest BCUT2D eigenvalue weighted by atomic mass is 10.1. The molecule has 0 aliphatic heterocycles. The fraction of sp³-hybridized carbons (Fsp3) is 1.00. The van der Waals surface area contributed by atoms with Crippen LogP contribution in [0.1, 0.15) is 46.0 Å². The first kappa shape index (κ1) is 16.9. The molecule has 0 aromatic heterocycles. The number of ether oxygens (including phenoxy) is 1. The van der Waals surface area contributed by atoms with E-state index < -0.39 is 0 Å². The van der Waals surface area contributed by atoms with Gasteiger partial charge in [0.15, 0.2) is 0 Å². The molecule has 104 valence electrons. The molecule has 0 unspecified atom stereocenters. The molecule has 0 heterocycles. The van der Waals surface area contributed by atoms with E-state index in [1.807, 2.05) is 7.05 Å². The van der Waals surface area contributed by atoms with Crippen LogP contribution in [0.5, 0.6) is 0 Å². The van der Waals surface area contributed by atoms with E-state index in [0.717, 1.165) is 25.7 Å². The maximum absolute atomic E-state index is 5.20. The highest BCUT2D eigenvalue weighted by molar-refractivity contribution is 4.69. The van der Waals surface area contributed by atoms with E-state index in [0.29, 0.717) is 0 Å². The molecule has 0 bridgehead atoms. The molecular weight excluding hydrogens is 212 g/mol. The summed E-state index contributed by atoms with van der Waals surface area (Å²) >= 11 is 0. The first-order valence-electron chi connectivity index (χ1n) is 7.17. The van der Waals surface area contributed by atoms with Crippen LogP contribution in [0.2, 0.25) is 0 Å². The molecule has 0 radical (unpaired) electrons. The Hall–Kier alpha value is -0.120. The molecule has 0 aliphatic carbocycles. The summed E-state index contributed by atoms with van der Waals surface area (Å²) in [6.45, 7) is 8.87. The van der Waals surface area contributed by atoms with Gasteiger partial charge in [0.1, 0.15) is 0 Å². The second-order valence-electron chi connectivity index (χ2n) is 4.66. The second-order valence-corrected chi connectivity index (χ2v) is 4.66. The van der Waals surface area contributed by atoms with Crippen molar-refractivity contribution < 1.29 is 4.74 Å². The van der Waals surface area contributed by atoms with Gasteiger partial charge in [0, 0.05) is 19.7 Å². The lowest BCUT2D eigenvalue weighted by Crippen LogP contribution is -2.37. The molecule has 0 fully saturated rings.